The maximum absolute atomic E-state index is 14.6. The number of aromatic nitrogens is 2. The predicted molar refractivity (Wildman–Crippen MR) is 112 cm³/mol. The van der Waals surface area contributed by atoms with E-state index in [1.807, 2.05) is 6.92 Å². The molecule has 0 aliphatic heterocycles. The quantitative estimate of drug-likeness (QED) is 0.476. The molecule has 1 aromatic heterocycles. The van der Waals surface area contributed by atoms with Gasteiger partial charge in [-0.1, -0.05) is 44.7 Å². The van der Waals surface area contributed by atoms with Crippen LogP contribution in [0.3, 0.4) is 0 Å². The number of benzene rings is 1. The van der Waals surface area contributed by atoms with Crippen LogP contribution in [0.4, 0.5) is 4.39 Å². The Morgan fingerprint density at radius 3 is 2.76 bits per heavy atom. The number of ether oxygens (including phenoxy) is 1. The first-order valence-electron chi connectivity index (χ1n) is 10.2. The van der Waals surface area contributed by atoms with Crippen molar-refractivity contribution in [1.29, 1.82) is 0 Å². The third kappa shape index (κ3) is 6.94. The fourth-order valence-corrected chi connectivity index (χ4v) is 2.83. The molecule has 0 fully saturated rings. The van der Waals surface area contributed by atoms with E-state index in [0.29, 0.717) is 24.3 Å². The average Bonchev–Trinajstić information content (AvgIpc) is 3.11. The van der Waals surface area contributed by atoms with Crippen LogP contribution in [0.1, 0.15) is 67.7 Å². The van der Waals surface area contributed by atoms with Crippen LogP contribution >= 0.6 is 0 Å². The van der Waals surface area contributed by atoms with Crippen LogP contribution in [0.15, 0.2) is 24.3 Å². The Labute approximate surface area is 172 Å². The molecule has 1 aromatic carbocycles. The Morgan fingerprint density at radius 1 is 1.24 bits per heavy atom. The van der Waals surface area contributed by atoms with Crippen molar-refractivity contribution in [3.05, 3.63) is 47.0 Å². The first-order chi connectivity index (χ1) is 14.1. The van der Waals surface area contributed by atoms with Crippen LogP contribution < -0.4 is 10.1 Å². The molecule has 0 atom stereocenters. The number of unbranched alkanes of at least 4 members (excludes halogenated alkanes) is 3. The van der Waals surface area contributed by atoms with E-state index in [4.69, 9.17) is 4.74 Å². The highest BCUT2D eigenvalue weighted by Gasteiger charge is 2.14. The van der Waals surface area contributed by atoms with Gasteiger partial charge in [0.15, 0.2) is 11.6 Å². The van der Waals surface area contributed by atoms with Crippen LogP contribution in [-0.4, -0.2) is 22.3 Å². The third-order valence-corrected chi connectivity index (χ3v) is 4.52. The zero-order chi connectivity index (χ0) is 21.1. The molecule has 156 valence electrons. The van der Waals surface area contributed by atoms with Crippen molar-refractivity contribution in [3.8, 4) is 17.6 Å². The molecule has 0 unspecified atom stereocenters. The van der Waals surface area contributed by atoms with Gasteiger partial charge in [-0.05, 0) is 25.0 Å². The molecule has 1 N–H and O–H groups in total. The first kappa shape index (κ1) is 22.5. The van der Waals surface area contributed by atoms with Crippen LogP contribution in [0, 0.1) is 17.7 Å². The molecule has 0 aliphatic carbocycles. The number of nitrogens with one attached hydrogen (secondary N) is 1. The van der Waals surface area contributed by atoms with E-state index in [0.717, 1.165) is 25.0 Å². The summed E-state index contributed by atoms with van der Waals surface area (Å²) in [6.07, 6.45) is 5.70. The van der Waals surface area contributed by atoms with Crippen LogP contribution in [0.2, 0.25) is 0 Å². The Morgan fingerprint density at radius 2 is 2.03 bits per heavy atom. The van der Waals surface area contributed by atoms with E-state index in [1.54, 1.807) is 31.3 Å². The lowest BCUT2D eigenvalue weighted by Crippen LogP contribution is -2.25. The van der Waals surface area contributed by atoms with Crippen molar-refractivity contribution in [3.63, 3.8) is 0 Å². The standard InChI is InChI=1S/C23H30FN3O2/c1-4-6-7-8-9-10-11-15-29-21-14-12-13-18(22(21)24)17-25-23(28)20-16-19(5-2)26-27(20)3/h12-14,16H,4-8,11,15,17H2,1-3H3,(H,25,28). The summed E-state index contributed by atoms with van der Waals surface area (Å²) in [5.74, 6) is 5.60. The highest BCUT2D eigenvalue weighted by molar-refractivity contribution is 5.92. The Kier molecular flexibility index (Phi) is 9.23. The summed E-state index contributed by atoms with van der Waals surface area (Å²) >= 11 is 0. The van der Waals surface area contributed by atoms with E-state index in [-0.39, 0.29) is 18.2 Å². The number of hydrogen-bond donors (Lipinski definition) is 1. The molecule has 1 heterocycles. The minimum Gasteiger partial charge on any atom is -0.490 e. The maximum Gasteiger partial charge on any atom is 0.269 e. The van der Waals surface area contributed by atoms with E-state index < -0.39 is 5.82 Å². The van der Waals surface area contributed by atoms with Crippen LogP contribution in [0.5, 0.6) is 5.75 Å². The van der Waals surface area contributed by atoms with E-state index in [9.17, 15) is 9.18 Å². The topological polar surface area (TPSA) is 56.1 Å². The fourth-order valence-electron chi connectivity index (χ4n) is 2.83. The minimum atomic E-state index is -0.456. The molecule has 6 heteroatoms. The number of aryl methyl sites for hydroxylation is 2. The molecule has 0 spiro atoms. The van der Waals surface area contributed by atoms with Crippen molar-refractivity contribution in [1.82, 2.24) is 15.1 Å². The van der Waals surface area contributed by atoms with Gasteiger partial charge in [0, 0.05) is 32.0 Å². The number of amides is 1. The lowest BCUT2D eigenvalue weighted by Gasteiger charge is -2.10. The second kappa shape index (κ2) is 11.9. The van der Waals surface area contributed by atoms with Crippen molar-refractivity contribution in [2.45, 2.75) is 58.9 Å². The molecule has 0 aliphatic rings. The van der Waals surface area contributed by atoms with Gasteiger partial charge in [0.05, 0.1) is 12.3 Å². The van der Waals surface area contributed by atoms with Crippen molar-refractivity contribution >= 4 is 5.91 Å². The number of carbonyl (C=O) groups excluding carboxylic acids is 1. The van der Waals surface area contributed by atoms with Gasteiger partial charge in [-0.25, -0.2) is 4.39 Å². The van der Waals surface area contributed by atoms with Gasteiger partial charge in [-0.15, -0.1) is 5.92 Å². The molecular weight excluding hydrogens is 369 g/mol. The number of carbonyl (C=O) groups is 1. The van der Waals surface area contributed by atoms with Gasteiger partial charge >= 0.3 is 0 Å². The SMILES string of the molecule is CCCCCC#CCCOc1cccc(CNC(=O)c2cc(CC)nn2C)c1F. The van der Waals surface area contributed by atoms with Crippen molar-refractivity contribution in [2.24, 2.45) is 7.05 Å². The maximum atomic E-state index is 14.6. The summed E-state index contributed by atoms with van der Waals surface area (Å²) in [4.78, 5) is 12.4. The summed E-state index contributed by atoms with van der Waals surface area (Å²) < 4.78 is 21.7. The average molecular weight is 400 g/mol. The number of halogens is 1. The van der Waals surface area contributed by atoms with Gasteiger partial charge in [0.1, 0.15) is 5.69 Å². The summed E-state index contributed by atoms with van der Waals surface area (Å²) in [6, 6.07) is 6.69. The second-order valence-corrected chi connectivity index (χ2v) is 6.82. The van der Waals surface area contributed by atoms with Gasteiger partial charge in [0.25, 0.3) is 5.91 Å². The zero-order valence-electron chi connectivity index (χ0n) is 17.6. The number of rotatable bonds is 10. The van der Waals surface area contributed by atoms with Crippen LogP contribution in [0.25, 0.3) is 0 Å². The van der Waals surface area contributed by atoms with E-state index in [1.165, 1.54) is 17.5 Å². The lowest BCUT2D eigenvalue weighted by molar-refractivity contribution is 0.0941. The van der Waals surface area contributed by atoms with E-state index >= 15 is 0 Å². The van der Waals surface area contributed by atoms with Crippen molar-refractivity contribution in [2.75, 3.05) is 6.61 Å². The normalized spacial score (nSPS) is 10.3. The zero-order valence-corrected chi connectivity index (χ0v) is 17.6. The Balaban J connectivity index is 1.86. The first-order valence-corrected chi connectivity index (χ1v) is 10.2. The molecule has 2 aromatic rings. The summed E-state index contributed by atoms with van der Waals surface area (Å²) in [6.45, 7) is 4.55. The molecule has 0 saturated heterocycles. The highest BCUT2D eigenvalue weighted by atomic mass is 19.1. The predicted octanol–water partition coefficient (Wildman–Crippen LogP) is 4.40. The summed E-state index contributed by atoms with van der Waals surface area (Å²) in [5, 5.41) is 7.00. The largest absolute Gasteiger partial charge is 0.490 e. The highest BCUT2D eigenvalue weighted by Crippen LogP contribution is 2.20. The minimum absolute atomic E-state index is 0.0751. The molecule has 0 bridgehead atoms. The number of nitrogens with zero attached hydrogens (tertiary/aromatic N) is 2. The fraction of sp³-hybridized carbons (Fsp3) is 0.478. The summed E-state index contributed by atoms with van der Waals surface area (Å²) in [7, 11) is 1.72. The molecule has 0 saturated carbocycles. The molecule has 1 amide bonds. The number of hydrogen-bond acceptors (Lipinski definition) is 3. The molecule has 2 rings (SSSR count). The third-order valence-electron chi connectivity index (χ3n) is 4.52. The van der Waals surface area contributed by atoms with Gasteiger partial charge in [-0.2, -0.15) is 5.10 Å². The van der Waals surface area contributed by atoms with Gasteiger partial charge < -0.3 is 10.1 Å². The van der Waals surface area contributed by atoms with Crippen molar-refractivity contribution < 1.29 is 13.9 Å². The smallest absolute Gasteiger partial charge is 0.269 e. The van der Waals surface area contributed by atoms with E-state index in [2.05, 4.69) is 29.2 Å². The lowest BCUT2D eigenvalue weighted by atomic mass is 10.2. The monoisotopic (exact) mass is 399 g/mol. The second-order valence-electron chi connectivity index (χ2n) is 6.82. The van der Waals surface area contributed by atoms with Crippen LogP contribution in [-0.2, 0) is 20.0 Å². The van der Waals surface area contributed by atoms with Gasteiger partial charge in [0.2, 0.25) is 0 Å². The molecule has 5 nitrogen and oxygen atoms in total. The molecule has 29 heavy (non-hydrogen) atoms. The Bertz CT molecular complexity index is 865. The molecule has 0 radical (unpaired) electrons. The van der Waals surface area contributed by atoms with Gasteiger partial charge in [-0.3, -0.25) is 9.48 Å². The summed E-state index contributed by atoms with van der Waals surface area (Å²) in [5.41, 5.74) is 1.67. The Hall–Kier alpha value is -2.81. The molecular formula is C23H30FN3O2.